The zero-order chi connectivity index (χ0) is 23.5. The number of pyridine rings is 1. The summed E-state index contributed by atoms with van der Waals surface area (Å²) in [5.41, 5.74) is 2.75. The molecule has 2 aromatic heterocycles. The molecule has 2 fully saturated rings. The van der Waals surface area contributed by atoms with Crippen LogP contribution in [0.25, 0.3) is 11.1 Å². The molecule has 2 aliphatic heterocycles. The second-order valence-corrected chi connectivity index (χ2v) is 8.67. The minimum atomic E-state index is -0.317. The van der Waals surface area contributed by atoms with E-state index in [2.05, 4.69) is 26.1 Å². The molecule has 1 N–H and O–H groups in total. The van der Waals surface area contributed by atoms with Crippen LogP contribution in [0, 0.1) is 12.3 Å². The van der Waals surface area contributed by atoms with Crippen LogP contribution in [0.3, 0.4) is 0 Å². The summed E-state index contributed by atoms with van der Waals surface area (Å²) in [7, 11) is 0. The van der Waals surface area contributed by atoms with Crippen LogP contribution >= 0.6 is 11.3 Å². The van der Waals surface area contributed by atoms with Gasteiger partial charge < -0.3 is 14.5 Å². The molecule has 0 saturated carbocycles. The molecule has 1 aromatic carbocycles. The molecule has 0 unspecified atom stereocenters. The number of cyclic esters (lactones) is 1. The molecule has 0 radical (unpaired) electrons. The number of rotatable bonds is 4. The van der Waals surface area contributed by atoms with Gasteiger partial charge in [0.2, 0.25) is 0 Å². The van der Waals surface area contributed by atoms with Crippen molar-refractivity contribution < 1.29 is 14.3 Å². The Bertz CT molecular complexity index is 1240. The lowest BCUT2D eigenvalue weighted by Gasteiger charge is -2.35. The van der Waals surface area contributed by atoms with Gasteiger partial charge in [-0.05, 0) is 35.7 Å². The van der Waals surface area contributed by atoms with Crippen LogP contribution in [-0.2, 0) is 4.74 Å². The van der Waals surface area contributed by atoms with Crippen molar-refractivity contribution in [3.63, 3.8) is 0 Å². The highest BCUT2D eigenvalue weighted by Gasteiger charge is 2.24. The molecule has 4 heterocycles. The molecule has 0 atom stereocenters. The van der Waals surface area contributed by atoms with Gasteiger partial charge in [-0.2, -0.15) is 0 Å². The Balaban J connectivity index is 1.19. The van der Waals surface area contributed by atoms with Gasteiger partial charge in [-0.1, -0.05) is 12.1 Å². The van der Waals surface area contributed by atoms with Gasteiger partial charge in [0.15, 0.2) is 5.01 Å². The average Bonchev–Trinajstić information content (AvgIpc) is 3.53. The summed E-state index contributed by atoms with van der Waals surface area (Å²) >= 11 is 1.32. The number of thiazole rings is 1. The fourth-order valence-electron chi connectivity index (χ4n) is 3.95. The fourth-order valence-corrected chi connectivity index (χ4v) is 4.50. The maximum absolute atomic E-state index is 12.5. The van der Waals surface area contributed by atoms with Crippen LogP contribution in [0.5, 0.6) is 0 Å². The number of anilines is 3. The smallest absolute Gasteiger partial charge is 0.414 e. The number of hydrogen-bond acceptors (Lipinski definition) is 7. The first kappa shape index (κ1) is 21.7. The lowest BCUT2D eigenvalue weighted by atomic mass is 10.1. The molecular formula is C24H22N6O3S. The van der Waals surface area contributed by atoms with E-state index in [4.69, 9.17) is 11.2 Å². The fraction of sp³-hybridized carbons (Fsp3) is 0.250. The summed E-state index contributed by atoms with van der Waals surface area (Å²) < 4.78 is 5.04. The Labute approximate surface area is 201 Å². The van der Waals surface area contributed by atoms with Crippen LogP contribution in [0.2, 0.25) is 0 Å². The summed E-state index contributed by atoms with van der Waals surface area (Å²) in [4.78, 5) is 38.7. The van der Waals surface area contributed by atoms with E-state index in [1.807, 2.05) is 42.6 Å². The number of hydrogen-bond donors (Lipinski definition) is 1. The van der Waals surface area contributed by atoms with Crippen LogP contribution in [-0.4, -0.2) is 66.3 Å². The van der Waals surface area contributed by atoms with Gasteiger partial charge in [0.25, 0.3) is 0 Å². The van der Waals surface area contributed by atoms with Crippen LogP contribution in [0.4, 0.5) is 26.9 Å². The van der Waals surface area contributed by atoms with Gasteiger partial charge in [-0.3, -0.25) is 10.2 Å². The lowest BCUT2D eigenvalue weighted by molar-refractivity contribution is 0.181. The van der Waals surface area contributed by atoms with Crippen LogP contribution in [0.15, 0.2) is 48.0 Å². The zero-order valence-electron chi connectivity index (χ0n) is 18.3. The predicted molar refractivity (Wildman–Crippen MR) is 131 cm³/mol. The van der Waals surface area contributed by atoms with Gasteiger partial charge in [0.05, 0.1) is 6.54 Å². The Morgan fingerprint density at radius 2 is 1.97 bits per heavy atom. The van der Waals surface area contributed by atoms with Crippen molar-refractivity contribution in [3.8, 4) is 23.5 Å². The summed E-state index contributed by atoms with van der Waals surface area (Å²) in [5, 5.41) is 5.08. The van der Waals surface area contributed by atoms with Crippen molar-refractivity contribution in [1.29, 1.82) is 0 Å². The van der Waals surface area contributed by atoms with Gasteiger partial charge >= 0.3 is 12.1 Å². The van der Waals surface area contributed by atoms with Crippen LogP contribution < -0.4 is 15.1 Å². The van der Waals surface area contributed by atoms with E-state index in [-0.39, 0.29) is 12.1 Å². The van der Waals surface area contributed by atoms with E-state index in [1.54, 1.807) is 15.2 Å². The molecule has 10 heteroatoms. The second-order valence-electron chi connectivity index (χ2n) is 7.81. The van der Waals surface area contributed by atoms with E-state index < -0.39 is 0 Å². The number of aromatic nitrogens is 2. The maximum atomic E-state index is 12.5. The van der Waals surface area contributed by atoms with Gasteiger partial charge in [-0.15, -0.1) is 17.8 Å². The largest absolute Gasteiger partial charge is 0.447 e. The minimum absolute atomic E-state index is 0.182. The molecule has 9 nitrogen and oxygen atoms in total. The molecule has 5 rings (SSSR count). The second kappa shape index (κ2) is 9.41. The first-order valence-electron chi connectivity index (χ1n) is 10.8. The molecule has 34 heavy (non-hydrogen) atoms. The highest BCUT2D eigenvalue weighted by Crippen LogP contribution is 2.27. The van der Waals surface area contributed by atoms with E-state index in [9.17, 15) is 9.59 Å². The Morgan fingerprint density at radius 3 is 2.65 bits per heavy atom. The molecular weight excluding hydrogens is 452 g/mol. The highest BCUT2D eigenvalue weighted by atomic mass is 32.1. The minimum Gasteiger partial charge on any atom is -0.447 e. The van der Waals surface area contributed by atoms with E-state index in [0.29, 0.717) is 50.2 Å². The third kappa shape index (κ3) is 4.51. The van der Waals surface area contributed by atoms with Crippen molar-refractivity contribution >= 4 is 40.8 Å². The Kier molecular flexibility index (Phi) is 6.01. The van der Waals surface area contributed by atoms with Gasteiger partial charge in [0.1, 0.15) is 18.2 Å². The van der Waals surface area contributed by atoms with Gasteiger partial charge in [-0.25, -0.2) is 19.6 Å². The Morgan fingerprint density at radius 1 is 1.12 bits per heavy atom. The number of amides is 3. The number of carbonyl (C=O) groups excluding carboxylic acids is 2. The topological polar surface area (TPSA) is 90.9 Å². The lowest BCUT2D eigenvalue weighted by Crippen LogP contribution is -2.50. The van der Waals surface area contributed by atoms with Crippen molar-refractivity contribution in [3.05, 3.63) is 53.0 Å². The molecule has 2 saturated heterocycles. The zero-order valence-corrected chi connectivity index (χ0v) is 19.1. The van der Waals surface area contributed by atoms with E-state index in [1.165, 1.54) is 11.3 Å². The average molecular weight is 475 g/mol. The predicted octanol–water partition coefficient (Wildman–Crippen LogP) is 3.50. The van der Waals surface area contributed by atoms with Crippen molar-refractivity contribution in [1.82, 2.24) is 14.9 Å². The molecule has 0 aliphatic carbocycles. The molecule has 3 aromatic rings. The summed E-state index contributed by atoms with van der Waals surface area (Å²) in [6.45, 7) is 3.48. The number of nitrogens with zero attached hydrogens (tertiary/aromatic N) is 5. The first-order valence-corrected chi connectivity index (χ1v) is 11.7. The third-order valence-corrected chi connectivity index (χ3v) is 6.53. The number of terminal acetylenes is 1. The maximum Gasteiger partial charge on any atom is 0.414 e. The summed E-state index contributed by atoms with van der Waals surface area (Å²) in [5.74, 6) is 3.81. The number of urea groups is 1. The number of carbonyl (C=O) groups is 2. The van der Waals surface area contributed by atoms with Gasteiger partial charge in [0, 0.05) is 49.0 Å². The molecule has 0 spiro atoms. The molecule has 172 valence electrons. The number of piperazine rings is 1. The first-order chi connectivity index (χ1) is 16.6. The standard InChI is InChI=1S/C24H22N6O3S/c1-2-22-26-20(16-34-22)27-23(31)29-10-8-28(9-11-29)21-7-6-18(15-25-21)17-4-3-5-19(14-17)30-12-13-33-24(30)32/h1,3-7,14-16H,8-13H2,(H,27,31). The summed E-state index contributed by atoms with van der Waals surface area (Å²) in [6, 6.07) is 11.6. The van der Waals surface area contributed by atoms with E-state index in [0.717, 1.165) is 22.6 Å². The number of ether oxygens (including phenoxy) is 1. The van der Waals surface area contributed by atoms with E-state index >= 15 is 0 Å². The van der Waals surface area contributed by atoms with Crippen molar-refractivity contribution in [2.75, 3.05) is 54.4 Å². The SMILES string of the molecule is C#Cc1nc(NC(=O)N2CCN(c3ccc(-c4cccc(N5CCOC5=O)c4)cn3)CC2)cs1. The molecule has 2 aliphatic rings. The van der Waals surface area contributed by atoms with Crippen molar-refractivity contribution in [2.24, 2.45) is 0 Å². The number of benzene rings is 1. The third-order valence-electron chi connectivity index (χ3n) is 5.75. The molecule has 3 amide bonds. The van der Waals surface area contributed by atoms with Crippen LogP contribution in [0.1, 0.15) is 5.01 Å². The quantitative estimate of drug-likeness (QED) is 0.582. The highest BCUT2D eigenvalue weighted by molar-refractivity contribution is 7.10. The summed E-state index contributed by atoms with van der Waals surface area (Å²) in [6.07, 6.45) is 6.85. The normalized spacial score (nSPS) is 15.7. The monoisotopic (exact) mass is 474 g/mol. The Hall–Kier alpha value is -4.10. The van der Waals surface area contributed by atoms with Crippen molar-refractivity contribution in [2.45, 2.75) is 0 Å². The molecule has 0 bridgehead atoms. The number of nitrogens with one attached hydrogen (secondary N) is 1.